The molecule has 30 heavy (non-hydrogen) atoms. The SMILES string of the molecule is Cc1ccc(OCC(=O)N/N=C\C=N/NC(=O)COc2ccc(C)cc2C)c(C)c1. The van der Waals surface area contributed by atoms with Gasteiger partial charge >= 0.3 is 0 Å². The average Bonchev–Trinajstić information content (AvgIpc) is 2.69. The molecule has 0 atom stereocenters. The maximum atomic E-state index is 11.7. The van der Waals surface area contributed by atoms with Gasteiger partial charge < -0.3 is 9.47 Å². The van der Waals surface area contributed by atoms with Crippen LogP contribution in [0.4, 0.5) is 0 Å². The molecule has 2 N–H and O–H groups in total. The van der Waals surface area contributed by atoms with Gasteiger partial charge in [0.25, 0.3) is 11.8 Å². The predicted octanol–water partition coefficient (Wildman–Crippen LogP) is 2.58. The molecule has 158 valence electrons. The second-order valence-electron chi connectivity index (χ2n) is 6.74. The van der Waals surface area contributed by atoms with Crippen LogP contribution in [0.5, 0.6) is 11.5 Å². The van der Waals surface area contributed by atoms with E-state index < -0.39 is 11.8 Å². The van der Waals surface area contributed by atoms with Gasteiger partial charge in [0.2, 0.25) is 0 Å². The minimum atomic E-state index is -0.412. The lowest BCUT2D eigenvalue weighted by molar-refractivity contribution is -0.123. The van der Waals surface area contributed by atoms with Crippen molar-refractivity contribution < 1.29 is 19.1 Å². The minimum absolute atomic E-state index is 0.162. The summed E-state index contributed by atoms with van der Waals surface area (Å²) in [5.74, 6) is 0.468. The van der Waals surface area contributed by atoms with Gasteiger partial charge in [0.15, 0.2) is 13.2 Å². The summed E-state index contributed by atoms with van der Waals surface area (Å²) in [4.78, 5) is 23.4. The third kappa shape index (κ3) is 7.75. The largest absolute Gasteiger partial charge is 0.483 e. The lowest BCUT2D eigenvalue weighted by Gasteiger charge is -2.08. The quantitative estimate of drug-likeness (QED) is 0.490. The van der Waals surface area contributed by atoms with Crippen molar-refractivity contribution in [3.63, 3.8) is 0 Å². The van der Waals surface area contributed by atoms with Crippen molar-refractivity contribution in [2.75, 3.05) is 13.2 Å². The van der Waals surface area contributed by atoms with Crippen molar-refractivity contribution in [3.8, 4) is 11.5 Å². The van der Waals surface area contributed by atoms with E-state index >= 15 is 0 Å². The number of amides is 2. The van der Waals surface area contributed by atoms with Crippen LogP contribution in [-0.2, 0) is 9.59 Å². The van der Waals surface area contributed by atoms with Gasteiger partial charge in [-0.2, -0.15) is 10.2 Å². The molecule has 8 heteroatoms. The lowest BCUT2D eigenvalue weighted by Crippen LogP contribution is -2.25. The van der Waals surface area contributed by atoms with Crippen LogP contribution in [0.25, 0.3) is 0 Å². The van der Waals surface area contributed by atoms with E-state index in [1.807, 2.05) is 64.1 Å². The molecule has 8 nitrogen and oxygen atoms in total. The van der Waals surface area contributed by atoms with Crippen molar-refractivity contribution in [2.24, 2.45) is 10.2 Å². The summed E-state index contributed by atoms with van der Waals surface area (Å²) < 4.78 is 10.9. The van der Waals surface area contributed by atoms with Gasteiger partial charge in [-0.15, -0.1) is 0 Å². The number of rotatable bonds is 9. The van der Waals surface area contributed by atoms with E-state index in [4.69, 9.17) is 9.47 Å². The third-order valence-corrected chi connectivity index (χ3v) is 3.97. The molecule has 0 radical (unpaired) electrons. The molecule has 0 saturated heterocycles. The fourth-order valence-corrected chi connectivity index (χ4v) is 2.56. The summed E-state index contributed by atoms with van der Waals surface area (Å²) in [6.45, 7) is 7.47. The van der Waals surface area contributed by atoms with Gasteiger partial charge in [0, 0.05) is 0 Å². The molecule has 0 bridgehead atoms. The van der Waals surface area contributed by atoms with Gasteiger partial charge in [-0.25, -0.2) is 10.9 Å². The summed E-state index contributed by atoms with van der Waals surface area (Å²) in [6, 6.07) is 11.4. The smallest absolute Gasteiger partial charge is 0.277 e. The summed E-state index contributed by atoms with van der Waals surface area (Å²) in [7, 11) is 0. The predicted molar refractivity (Wildman–Crippen MR) is 116 cm³/mol. The van der Waals surface area contributed by atoms with Crippen molar-refractivity contribution in [2.45, 2.75) is 27.7 Å². The Kier molecular flexibility index (Phi) is 8.56. The molecule has 0 aliphatic carbocycles. The number of nitrogens with zero attached hydrogens (tertiary/aromatic N) is 2. The number of hydrogen-bond acceptors (Lipinski definition) is 6. The molecular weight excluding hydrogens is 384 g/mol. The highest BCUT2D eigenvalue weighted by molar-refractivity contribution is 6.16. The Morgan fingerprint density at radius 3 is 1.53 bits per heavy atom. The van der Waals surface area contributed by atoms with E-state index in [2.05, 4.69) is 21.1 Å². The van der Waals surface area contributed by atoms with Crippen LogP contribution >= 0.6 is 0 Å². The maximum absolute atomic E-state index is 11.7. The number of benzene rings is 2. The van der Waals surface area contributed by atoms with Gasteiger partial charge in [0.1, 0.15) is 11.5 Å². The molecular formula is C22H26N4O4. The van der Waals surface area contributed by atoms with Crippen molar-refractivity contribution in [1.82, 2.24) is 10.9 Å². The van der Waals surface area contributed by atoms with Crippen molar-refractivity contribution in [3.05, 3.63) is 58.7 Å². The van der Waals surface area contributed by atoms with Crippen molar-refractivity contribution >= 4 is 24.2 Å². The first-order valence-electron chi connectivity index (χ1n) is 9.37. The molecule has 0 aliphatic rings. The van der Waals surface area contributed by atoms with E-state index in [0.29, 0.717) is 11.5 Å². The van der Waals surface area contributed by atoms with E-state index in [9.17, 15) is 9.59 Å². The van der Waals surface area contributed by atoms with Crippen LogP contribution in [0.3, 0.4) is 0 Å². The topological polar surface area (TPSA) is 101 Å². The fraction of sp³-hybridized carbons (Fsp3) is 0.273. The molecule has 0 saturated carbocycles. The van der Waals surface area contributed by atoms with Gasteiger partial charge in [-0.05, 0) is 51.0 Å². The Balaban J connectivity index is 1.64. The normalized spacial score (nSPS) is 10.9. The Bertz CT molecular complexity index is 877. The van der Waals surface area contributed by atoms with Crippen LogP contribution in [0.15, 0.2) is 46.6 Å². The summed E-state index contributed by atoms with van der Waals surface area (Å²) >= 11 is 0. The number of hydrazone groups is 2. The first-order valence-corrected chi connectivity index (χ1v) is 9.37. The first-order chi connectivity index (χ1) is 14.3. The van der Waals surface area contributed by atoms with Crippen LogP contribution < -0.4 is 20.3 Å². The van der Waals surface area contributed by atoms with Gasteiger partial charge in [-0.1, -0.05) is 35.4 Å². The molecule has 2 amide bonds. The standard InChI is InChI=1S/C22H26N4O4/c1-15-5-7-19(17(3)11-15)29-13-21(27)25-23-9-10-24-26-22(28)14-30-20-8-6-16(2)12-18(20)4/h5-12H,13-14H2,1-4H3,(H,25,27)(H,26,28)/b23-9-,24-10-. The first kappa shape index (κ1) is 22.6. The molecule has 0 aliphatic heterocycles. The zero-order valence-electron chi connectivity index (χ0n) is 17.6. The third-order valence-electron chi connectivity index (χ3n) is 3.97. The lowest BCUT2D eigenvalue weighted by atomic mass is 10.1. The molecule has 0 aromatic heterocycles. The van der Waals surface area contributed by atoms with Crippen LogP contribution in [0.1, 0.15) is 22.3 Å². The number of ether oxygens (including phenoxy) is 2. The zero-order valence-corrected chi connectivity index (χ0v) is 17.6. The average molecular weight is 410 g/mol. The highest BCUT2D eigenvalue weighted by Gasteiger charge is 2.05. The Morgan fingerprint density at radius 2 is 1.17 bits per heavy atom. The number of carbonyl (C=O) groups excluding carboxylic acids is 2. The summed E-state index contributed by atoms with van der Waals surface area (Å²) in [6.07, 6.45) is 2.47. The van der Waals surface area contributed by atoms with E-state index in [0.717, 1.165) is 22.3 Å². The number of nitrogens with one attached hydrogen (secondary N) is 2. The molecule has 0 unspecified atom stereocenters. The number of carbonyl (C=O) groups is 2. The molecule has 2 aromatic rings. The van der Waals surface area contributed by atoms with E-state index in [1.165, 1.54) is 12.4 Å². The van der Waals surface area contributed by atoms with Gasteiger partial charge in [-0.3, -0.25) is 9.59 Å². The molecule has 0 spiro atoms. The second kappa shape index (κ2) is 11.4. The van der Waals surface area contributed by atoms with Crippen LogP contribution in [-0.4, -0.2) is 37.5 Å². The fourth-order valence-electron chi connectivity index (χ4n) is 2.56. The molecule has 2 aromatic carbocycles. The highest BCUT2D eigenvalue weighted by Crippen LogP contribution is 2.19. The van der Waals surface area contributed by atoms with Crippen LogP contribution in [0, 0.1) is 27.7 Å². The Morgan fingerprint density at radius 1 is 0.767 bits per heavy atom. The maximum Gasteiger partial charge on any atom is 0.277 e. The zero-order chi connectivity index (χ0) is 21.9. The van der Waals surface area contributed by atoms with Crippen LogP contribution in [0.2, 0.25) is 0 Å². The Labute approximate surface area is 176 Å². The van der Waals surface area contributed by atoms with Crippen molar-refractivity contribution in [1.29, 1.82) is 0 Å². The summed E-state index contributed by atoms with van der Waals surface area (Å²) in [5.41, 5.74) is 8.77. The number of hydrogen-bond donors (Lipinski definition) is 2. The highest BCUT2D eigenvalue weighted by atomic mass is 16.5. The second-order valence-corrected chi connectivity index (χ2v) is 6.74. The Hall–Kier alpha value is -3.68. The van der Waals surface area contributed by atoms with E-state index in [1.54, 1.807) is 0 Å². The summed E-state index contributed by atoms with van der Waals surface area (Å²) in [5, 5.41) is 7.39. The van der Waals surface area contributed by atoms with Gasteiger partial charge in [0.05, 0.1) is 12.4 Å². The number of aryl methyl sites for hydroxylation is 4. The minimum Gasteiger partial charge on any atom is -0.483 e. The monoisotopic (exact) mass is 410 g/mol. The molecule has 0 heterocycles. The van der Waals surface area contributed by atoms with E-state index in [-0.39, 0.29) is 13.2 Å². The molecule has 2 rings (SSSR count). The molecule has 0 fully saturated rings.